The number of hydrogen-bond donors (Lipinski definition) is 1. The number of ether oxygens (including phenoxy) is 1. The average molecular weight is 132 g/mol. The molecule has 0 fully saturated rings. The SMILES string of the molecule is CC(O)COC(C)C=O. The lowest BCUT2D eigenvalue weighted by molar-refractivity contribution is -0.118. The number of aliphatic hydroxyl groups excluding tert-OH is 1. The van der Waals surface area contributed by atoms with Crippen molar-refractivity contribution in [3.63, 3.8) is 0 Å². The van der Waals surface area contributed by atoms with Crippen molar-refractivity contribution in [1.29, 1.82) is 0 Å². The smallest absolute Gasteiger partial charge is 0.148 e. The predicted molar refractivity (Wildman–Crippen MR) is 33.2 cm³/mol. The van der Waals surface area contributed by atoms with Gasteiger partial charge in [-0.05, 0) is 13.8 Å². The summed E-state index contributed by atoms with van der Waals surface area (Å²) in [5.74, 6) is 0. The van der Waals surface area contributed by atoms with Crippen molar-refractivity contribution in [3.05, 3.63) is 0 Å². The van der Waals surface area contributed by atoms with Gasteiger partial charge in [-0.15, -0.1) is 0 Å². The van der Waals surface area contributed by atoms with Gasteiger partial charge in [0.15, 0.2) is 0 Å². The Kier molecular flexibility index (Phi) is 4.26. The minimum absolute atomic E-state index is 0.222. The zero-order valence-electron chi connectivity index (χ0n) is 5.70. The van der Waals surface area contributed by atoms with Crippen LogP contribution in [0.2, 0.25) is 0 Å². The normalized spacial score (nSPS) is 16.8. The molecule has 0 radical (unpaired) electrons. The Hall–Kier alpha value is -0.410. The monoisotopic (exact) mass is 132 g/mol. The van der Waals surface area contributed by atoms with Gasteiger partial charge in [0.2, 0.25) is 0 Å². The lowest BCUT2D eigenvalue weighted by Crippen LogP contribution is -2.17. The van der Waals surface area contributed by atoms with Crippen molar-refractivity contribution < 1.29 is 14.6 Å². The van der Waals surface area contributed by atoms with E-state index in [1.54, 1.807) is 13.8 Å². The van der Waals surface area contributed by atoms with Gasteiger partial charge in [0.05, 0.1) is 12.7 Å². The quantitative estimate of drug-likeness (QED) is 0.546. The van der Waals surface area contributed by atoms with Crippen LogP contribution >= 0.6 is 0 Å². The van der Waals surface area contributed by atoms with Crippen LogP contribution in [-0.2, 0) is 9.53 Å². The highest BCUT2D eigenvalue weighted by molar-refractivity contribution is 5.55. The minimum Gasteiger partial charge on any atom is -0.391 e. The van der Waals surface area contributed by atoms with Crippen molar-refractivity contribution in [1.82, 2.24) is 0 Å². The molecular weight excluding hydrogens is 120 g/mol. The molecule has 0 aromatic rings. The number of carbonyl (C=O) groups excluding carboxylic acids is 1. The summed E-state index contributed by atoms with van der Waals surface area (Å²) in [5, 5.41) is 8.66. The molecule has 0 aromatic heterocycles. The van der Waals surface area contributed by atoms with E-state index in [4.69, 9.17) is 9.84 Å². The van der Waals surface area contributed by atoms with E-state index < -0.39 is 12.2 Å². The topological polar surface area (TPSA) is 46.5 Å². The first-order chi connectivity index (χ1) is 4.16. The van der Waals surface area contributed by atoms with Gasteiger partial charge in [0.1, 0.15) is 12.4 Å². The molecule has 0 saturated carbocycles. The molecule has 0 saturated heterocycles. The highest BCUT2D eigenvalue weighted by atomic mass is 16.5. The van der Waals surface area contributed by atoms with E-state index in [1.807, 2.05) is 0 Å². The van der Waals surface area contributed by atoms with Gasteiger partial charge < -0.3 is 14.6 Å². The van der Waals surface area contributed by atoms with Gasteiger partial charge in [-0.2, -0.15) is 0 Å². The van der Waals surface area contributed by atoms with Crippen LogP contribution in [0.4, 0.5) is 0 Å². The maximum atomic E-state index is 9.91. The third kappa shape index (κ3) is 5.46. The highest BCUT2D eigenvalue weighted by Crippen LogP contribution is 1.87. The largest absolute Gasteiger partial charge is 0.391 e. The second-order valence-corrected chi connectivity index (χ2v) is 2.02. The van der Waals surface area contributed by atoms with Crippen LogP contribution in [0.15, 0.2) is 0 Å². The minimum atomic E-state index is -0.493. The van der Waals surface area contributed by atoms with Gasteiger partial charge in [-0.25, -0.2) is 0 Å². The van der Waals surface area contributed by atoms with Crippen molar-refractivity contribution >= 4 is 6.29 Å². The molecule has 0 spiro atoms. The molecule has 3 nitrogen and oxygen atoms in total. The molecule has 3 heteroatoms. The fraction of sp³-hybridized carbons (Fsp3) is 0.833. The van der Waals surface area contributed by atoms with E-state index in [1.165, 1.54) is 0 Å². The summed E-state index contributed by atoms with van der Waals surface area (Å²) in [6, 6.07) is 0. The van der Waals surface area contributed by atoms with Crippen LogP contribution in [0, 0.1) is 0 Å². The lowest BCUT2D eigenvalue weighted by Gasteiger charge is -2.07. The average Bonchev–Trinajstić information content (AvgIpc) is 1.83. The molecule has 0 aromatic carbocycles. The van der Waals surface area contributed by atoms with Gasteiger partial charge in [0, 0.05) is 0 Å². The maximum absolute atomic E-state index is 9.91. The van der Waals surface area contributed by atoms with Crippen LogP contribution in [-0.4, -0.2) is 30.2 Å². The van der Waals surface area contributed by atoms with E-state index in [9.17, 15) is 4.79 Å². The third-order valence-corrected chi connectivity index (χ3v) is 0.792. The second kappa shape index (κ2) is 4.47. The molecule has 2 atom stereocenters. The lowest BCUT2D eigenvalue weighted by atomic mass is 10.4. The van der Waals surface area contributed by atoms with E-state index in [0.29, 0.717) is 6.29 Å². The van der Waals surface area contributed by atoms with Crippen LogP contribution < -0.4 is 0 Å². The van der Waals surface area contributed by atoms with Crippen molar-refractivity contribution in [2.75, 3.05) is 6.61 Å². The molecule has 54 valence electrons. The van der Waals surface area contributed by atoms with Gasteiger partial charge in [-0.3, -0.25) is 0 Å². The molecule has 0 aliphatic carbocycles. The Morgan fingerprint density at radius 1 is 1.67 bits per heavy atom. The zero-order chi connectivity index (χ0) is 7.28. The summed E-state index contributed by atoms with van der Waals surface area (Å²) in [6.45, 7) is 3.47. The molecule has 0 aliphatic rings. The fourth-order valence-electron chi connectivity index (χ4n) is 0.330. The van der Waals surface area contributed by atoms with Gasteiger partial charge in [-0.1, -0.05) is 0 Å². The fourth-order valence-corrected chi connectivity index (χ4v) is 0.330. The zero-order valence-corrected chi connectivity index (χ0v) is 5.70. The first-order valence-corrected chi connectivity index (χ1v) is 2.91. The first-order valence-electron chi connectivity index (χ1n) is 2.91. The van der Waals surface area contributed by atoms with E-state index in [0.717, 1.165) is 0 Å². The van der Waals surface area contributed by atoms with Gasteiger partial charge in [0.25, 0.3) is 0 Å². The number of hydrogen-bond acceptors (Lipinski definition) is 3. The Morgan fingerprint density at radius 2 is 2.22 bits per heavy atom. The first kappa shape index (κ1) is 8.59. The number of carbonyl (C=O) groups is 1. The summed E-state index contributed by atoms with van der Waals surface area (Å²) in [4.78, 5) is 9.91. The molecule has 0 heterocycles. The van der Waals surface area contributed by atoms with E-state index in [-0.39, 0.29) is 6.61 Å². The van der Waals surface area contributed by atoms with E-state index >= 15 is 0 Å². The number of aldehydes is 1. The third-order valence-electron chi connectivity index (χ3n) is 0.792. The van der Waals surface area contributed by atoms with Crippen molar-refractivity contribution in [3.8, 4) is 0 Å². The molecule has 9 heavy (non-hydrogen) atoms. The predicted octanol–water partition coefficient (Wildman–Crippen LogP) is -0.0288. The number of rotatable bonds is 4. The summed E-state index contributed by atoms with van der Waals surface area (Å²) in [7, 11) is 0. The molecule has 0 aliphatic heterocycles. The molecule has 0 bridgehead atoms. The molecule has 2 unspecified atom stereocenters. The molecule has 0 rings (SSSR count). The number of aliphatic hydroxyl groups is 1. The summed E-state index contributed by atoms with van der Waals surface area (Å²) >= 11 is 0. The van der Waals surface area contributed by atoms with E-state index in [2.05, 4.69) is 0 Å². The van der Waals surface area contributed by atoms with Crippen LogP contribution in [0.1, 0.15) is 13.8 Å². The Balaban J connectivity index is 3.16. The summed E-state index contributed by atoms with van der Waals surface area (Å²) in [5.41, 5.74) is 0. The maximum Gasteiger partial charge on any atom is 0.148 e. The van der Waals surface area contributed by atoms with Crippen LogP contribution in [0.5, 0.6) is 0 Å². The van der Waals surface area contributed by atoms with Crippen LogP contribution in [0.3, 0.4) is 0 Å². The van der Waals surface area contributed by atoms with Gasteiger partial charge >= 0.3 is 0 Å². The standard InChI is InChI=1S/C6H12O3/c1-5(8)4-9-6(2)3-7/h3,5-6,8H,4H2,1-2H3. The Bertz CT molecular complexity index is 80.4. The Labute approximate surface area is 54.6 Å². The molecule has 1 N–H and O–H groups in total. The molecule has 0 amide bonds. The molecular formula is C6H12O3. The van der Waals surface area contributed by atoms with Crippen molar-refractivity contribution in [2.45, 2.75) is 26.1 Å². The second-order valence-electron chi connectivity index (χ2n) is 2.02. The summed E-state index contributed by atoms with van der Waals surface area (Å²) < 4.78 is 4.83. The van der Waals surface area contributed by atoms with Crippen molar-refractivity contribution in [2.24, 2.45) is 0 Å². The Morgan fingerprint density at radius 3 is 2.56 bits per heavy atom. The van der Waals surface area contributed by atoms with Crippen LogP contribution in [0.25, 0.3) is 0 Å². The summed E-state index contributed by atoms with van der Waals surface area (Å²) in [6.07, 6.45) is -0.199. The highest BCUT2D eigenvalue weighted by Gasteiger charge is 2.00.